The van der Waals surface area contributed by atoms with Crippen molar-refractivity contribution >= 4 is 66.2 Å². The quantitative estimate of drug-likeness (QED) is 0.0398. The van der Waals surface area contributed by atoms with Gasteiger partial charge in [-0.3, -0.25) is 0 Å². The maximum absolute atomic E-state index is 4.76. The minimum absolute atomic E-state index is 0.847. The molecule has 0 amide bonds. The van der Waals surface area contributed by atoms with Crippen molar-refractivity contribution in [1.29, 1.82) is 0 Å². The molecule has 4 aliphatic carbocycles. The van der Waals surface area contributed by atoms with Crippen molar-refractivity contribution in [2.45, 2.75) is 296 Å². The molecule has 2 unspecified atom stereocenters. The van der Waals surface area contributed by atoms with Gasteiger partial charge in [-0.25, -0.2) is 18.6 Å². The summed E-state index contributed by atoms with van der Waals surface area (Å²) in [6.45, 7) is 21.3. The molecule has 0 aromatic rings. The molecular formula is C60H117ClSn3Zn. The summed E-state index contributed by atoms with van der Waals surface area (Å²) in [5, 5.41) is 0. The fraction of sp³-hybridized carbons (Fsp3) is 0.817. The molecule has 0 fully saturated rings. The van der Waals surface area contributed by atoms with Crippen LogP contribution in [0.15, 0.2) is 60.8 Å². The summed E-state index contributed by atoms with van der Waals surface area (Å²) in [4.78, 5) is 0. The van der Waals surface area contributed by atoms with E-state index in [0.29, 0.717) is 0 Å². The van der Waals surface area contributed by atoms with Gasteiger partial charge in [0.15, 0.2) is 0 Å². The molecule has 0 saturated heterocycles. The molecule has 378 valence electrons. The number of hydrogen-bond acceptors (Lipinski definition) is 0. The van der Waals surface area contributed by atoms with Gasteiger partial charge < -0.3 is 0 Å². The summed E-state index contributed by atoms with van der Waals surface area (Å²) in [6, 6.07) is 0. The van der Waals surface area contributed by atoms with Crippen LogP contribution in [-0.4, -0.2) is 56.5 Å². The Morgan fingerprint density at radius 1 is 0.431 bits per heavy atom. The molecule has 0 nitrogen and oxygen atoms in total. The van der Waals surface area contributed by atoms with Gasteiger partial charge in [-0.2, -0.15) is 0 Å². The first kappa shape index (κ1) is 69.0. The minimum atomic E-state index is -1.91. The molecule has 5 heteroatoms. The molecule has 0 aromatic heterocycles. The molecule has 0 heterocycles. The molecule has 0 spiro atoms. The van der Waals surface area contributed by atoms with Crippen LogP contribution in [0.5, 0.6) is 0 Å². The summed E-state index contributed by atoms with van der Waals surface area (Å²) in [6.07, 6.45) is 67.1. The van der Waals surface area contributed by atoms with Crippen molar-refractivity contribution in [2.24, 2.45) is 0 Å². The average molecular weight is 1300 g/mol. The molecule has 0 radical (unpaired) electrons. The first-order valence-corrected chi connectivity index (χ1v) is 55.6. The van der Waals surface area contributed by atoms with E-state index in [1.807, 2.05) is 0 Å². The van der Waals surface area contributed by atoms with Gasteiger partial charge in [0.05, 0.1) is 0 Å². The molecule has 0 bridgehead atoms. The maximum atomic E-state index is 4.76. The summed E-state index contributed by atoms with van der Waals surface area (Å²) in [5.74, 6) is 0. The molecule has 0 saturated carbocycles. The SMILES string of the molecule is C1=CCCC=C1.C1=CCCC[CH-]1.CCC[CH2][SnH]([CH2]CCC)[CH2]CCC.CCC[CH2][Sn]([CH2]CCC)([CH2]CCC)[CH]1C=CCCC1.CCC[CH2][Sn]([CH2]CCC)([CH2]CCC)[CH]1C=CCCC1.[Cl][Zn+]. The van der Waals surface area contributed by atoms with E-state index in [1.54, 1.807) is 52.8 Å². The fourth-order valence-corrected chi connectivity index (χ4v) is 58.2. The van der Waals surface area contributed by atoms with Crippen molar-refractivity contribution in [3.8, 4) is 0 Å². The van der Waals surface area contributed by atoms with Crippen LogP contribution in [-0.2, 0) is 17.3 Å². The molecular weight excluding hydrogens is 1180 g/mol. The third-order valence-corrected chi connectivity index (χ3v) is 60.4. The van der Waals surface area contributed by atoms with Crippen LogP contribution in [0.3, 0.4) is 0 Å². The first-order chi connectivity index (χ1) is 31.9. The topological polar surface area (TPSA) is 0 Å². The first-order valence-electron chi connectivity index (χ1n) is 29.3. The Bertz CT molecular complexity index is 963. The van der Waals surface area contributed by atoms with Gasteiger partial charge >= 0.3 is 372 Å². The Labute approximate surface area is 442 Å². The van der Waals surface area contributed by atoms with Crippen LogP contribution in [0.4, 0.5) is 0 Å². The monoisotopic (exact) mass is 1300 g/mol. The predicted octanol–water partition coefficient (Wildman–Crippen LogP) is 23.0. The zero-order valence-corrected chi connectivity index (χ0v) is 58.8. The van der Waals surface area contributed by atoms with Crippen LogP contribution in [0.25, 0.3) is 0 Å². The molecule has 0 N–H and O–H groups in total. The summed E-state index contributed by atoms with van der Waals surface area (Å²) in [5.41, 5.74) is 0. The van der Waals surface area contributed by atoms with Crippen LogP contribution in [0, 0.1) is 6.42 Å². The van der Waals surface area contributed by atoms with Gasteiger partial charge in [0.2, 0.25) is 0 Å². The summed E-state index contributed by atoms with van der Waals surface area (Å²) < 4.78 is 17.3. The Morgan fingerprint density at radius 3 is 0.938 bits per heavy atom. The van der Waals surface area contributed by atoms with Gasteiger partial charge in [0.25, 0.3) is 0 Å². The zero-order valence-electron chi connectivity index (χ0n) is 46.0. The molecule has 4 rings (SSSR count). The van der Waals surface area contributed by atoms with Crippen LogP contribution >= 0.6 is 9.69 Å². The second kappa shape index (κ2) is 53.7. The Balaban J connectivity index is 0. The van der Waals surface area contributed by atoms with Crippen LogP contribution < -0.4 is 0 Å². The van der Waals surface area contributed by atoms with Crippen molar-refractivity contribution in [2.75, 3.05) is 0 Å². The summed E-state index contributed by atoms with van der Waals surface area (Å²) >= 11 is -3.93. The van der Waals surface area contributed by atoms with E-state index in [4.69, 9.17) is 9.69 Å². The van der Waals surface area contributed by atoms with E-state index in [2.05, 4.69) is 129 Å². The Kier molecular flexibility index (Phi) is 56.9. The average Bonchev–Trinajstić information content (AvgIpc) is 3.39. The van der Waals surface area contributed by atoms with E-state index in [0.717, 1.165) is 25.2 Å². The van der Waals surface area contributed by atoms with E-state index < -0.39 is 56.5 Å². The van der Waals surface area contributed by atoms with Gasteiger partial charge in [-0.1, -0.05) is 30.7 Å². The van der Waals surface area contributed by atoms with Gasteiger partial charge in [0, 0.05) is 0 Å². The van der Waals surface area contributed by atoms with E-state index in [-0.39, 0.29) is 0 Å². The van der Waals surface area contributed by atoms with E-state index >= 15 is 0 Å². The van der Waals surface area contributed by atoms with Crippen LogP contribution in [0.2, 0.25) is 47.8 Å². The van der Waals surface area contributed by atoms with Gasteiger partial charge in [-0.05, 0) is 12.8 Å². The third-order valence-electron chi connectivity index (χ3n) is 15.0. The second-order valence-electron chi connectivity index (χ2n) is 20.6. The standard InChI is InChI=1S/3C6H9.C6H8.9C4H9.ClH.3Sn.Zn.H/c4*1-2-4-6-5-3-1;9*1-3-4-2;;;;;;/h3*1-3H,4-6H2;1-4H,5-6H2;9*1,3-4H2,2H3;1H;;;;;/q;;-1;;;;;;;;;;;;;;;+2;/p-1. The number of hydrogen-bond donors (Lipinski definition) is 0. The van der Waals surface area contributed by atoms with Crippen LogP contribution in [0.1, 0.15) is 249 Å². The Hall–Kier alpha value is 1.88. The molecule has 0 aliphatic heterocycles. The van der Waals surface area contributed by atoms with Crippen molar-refractivity contribution in [3.63, 3.8) is 0 Å². The second-order valence-corrected chi connectivity index (χ2v) is 58.8. The third kappa shape index (κ3) is 38.2. The predicted molar refractivity (Wildman–Crippen MR) is 310 cm³/mol. The van der Waals surface area contributed by atoms with E-state index in [1.165, 1.54) is 173 Å². The molecule has 0 aromatic carbocycles. The zero-order chi connectivity index (χ0) is 48.4. The Morgan fingerprint density at radius 2 is 0.754 bits per heavy atom. The molecule has 2 atom stereocenters. The number of halogens is 1. The normalized spacial score (nSPS) is 17.5. The van der Waals surface area contributed by atoms with Crippen molar-refractivity contribution in [1.82, 2.24) is 0 Å². The van der Waals surface area contributed by atoms with Crippen molar-refractivity contribution < 1.29 is 17.3 Å². The van der Waals surface area contributed by atoms with Gasteiger partial charge in [-0.15, -0.1) is 12.8 Å². The van der Waals surface area contributed by atoms with E-state index in [9.17, 15) is 0 Å². The van der Waals surface area contributed by atoms with Gasteiger partial charge in [0.1, 0.15) is 0 Å². The van der Waals surface area contributed by atoms with Crippen molar-refractivity contribution in [3.05, 3.63) is 67.2 Å². The number of unbranched alkanes of at least 4 members (excludes halogenated alkanes) is 9. The summed E-state index contributed by atoms with van der Waals surface area (Å²) in [7, 11) is 4.76. The number of allylic oxidation sites excluding steroid dienone is 10. The fourth-order valence-electron chi connectivity index (χ4n) is 10.8. The molecule has 4 aliphatic rings. The molecule has 65 heavy (non-hydrogen) atoms. The number of rotatable bonds is 29.